The largest absolute Gasteiger partial charge is 0.418 e. The van der Waals surface area contributed by atoms with E-state index in [1.54, 1.807) is 0 Å². The van der Waals surface area contributed by atoms with Crippen LogP contribution >= 0.6 is 11.3 Å². The second kappa shape index (κ2) is 5.13. The predicted octanol–water partition coefficient (Wildman–Crippen LogP) is 4.56. The molecule has 1 unspecified atom stereocenters. The van der Waals surface area contributed by atoms with Crippen molar-refractivity contribution in [3.05, 3.63) is 53.5 Å². The Morgan fingerprint density at radius 1 is 1.14 bits per heavy atom. The second-order valence-electron chi connectivity index (χ2n) is 4.56. The maximum Gasteiger partial charge on any atom is 0.418 e. The van der Waals surface area contributed by atoms with Crippen LogP contribution in [0.1, 0.15) is 11.7 Å². The van der Waals surface area contributed by atoms with Crippen molar-refractivity contribution in [1.82, 2.24) is 4.98 Å². The van der Waals surface area contributed by atoms with Gasteiger partial charge in [0.1, 0.15) is 0 Å². The molecule has 108 valence electrons. The van der Waals surface area contributed by atoms with E-state index in [2.05, 4.69) is 4.98 Å². The van der Waals surface area contributed by atoms with Crippen molar-refractivity contribution in [1.29, 1.82) is 0 Å². The highest BCUT2D eigenvalue weighted by molar-refractivity contribution is 7.17. The second-order valence-corrected chi connectivity index (χ2v) is 5.48. The monoisotopic (exact) mass is 309 g/mol. The van der Waals surface area contributed by atoms with Crippen LogP contribution in [0.4, 0.5) is 13.2 Å². The molecule has 0 fully saturated rings. The zero-order valence-electron chi connectivity index (χ0n) is 10.6. The molecule has 0 spiro atoms. The Labute approximate surface area is 122 Å². The summed E-state index contributed by atoms with van der Waals surface area (Å²) in [6.45, 7) is 0. The van der Waals surface area contributed by atoms with Crippen LogP contribution in [0.5, 0.6) is 0 Å². The average Bonchev–Trinajstić information content (AvgIpc) is 2.94. The van der Waals surface area contributed by atoms with Crippen LogP contribution in [0.25, 0.3) is 21.3 Å². The van der Waals surface area contributed by atoms with Crippen molar-refractivity contribution in [2.75, 3.05) is 0 Å². The highest BCUT2D eigenvalue weighted by Crippen LogP contribution is 2.35. The Kier molecular flexibility index (Phi) is 3.43. The molecule has 21 heavy (non-hydrogen) atoms. The number of hydrogen-bond donors (Lipinski definition) is 1. The Morgan fingerprint density at radius 2 is 1.95 bits per heavy atom. The summed E-state index contributed by atoms with van der Waals surface area (Å²) in [7, 11) is 0. The van der Waals surface area contributed by atoms with Gasteiger partial charge < -0.3 is 5.11 Å². The minimum absolute atomic E-state index is 0.207. The highest BCUT2D eigenvalue weighted by Gasteiger charge is 2.39. The van der Waals surface area contributed by atoms with Gasteiger partial charge in [-0.3, -0.25) is 4.98 Å². The standard InChI is InChI=1S/C15H10F3NOS/c16-15(17,18)14(20)10-4-6-19-12(8-10)11-3-1-2-9-5-7-21-13(9)11/h1-8,14,20H. The third-order valence-electron chi connectivity index (χ3n) is 3.16. The molecule has 0 saturated carbocycles. The van der Waals surface area contributed by atoms with E-state index in [1.807, 2.05) is 29.6 Å². The van der Waals surface area contributed by atoms with Gasteiger partial charge in [-0.25, -0.2) is 0 Å². The molecule has 0 radical (unpaired) electrons. The first kappa shape index (κ1) is 14.0. The Hall–Kier alpha value is -1.92. The van der Waals surface area contributed by atoms with Crippen LogP contribution in [0.3, 0.4) is 0 Å². The van der Waals surface area contributed by atoms with Crippen molar-refractivity contribution in [2.24, 2.45) is 0 Å². The number of aliphatic hydroxyl groups excluding tert-OH is 1. The summed E-state index contributed by atoms with van der Waals surface area (Å²) in [5, 5.41) is 12.3. The van der Waals surface area contributed by atoms with E-state index in [-0.39, 0.29) is 5.56 Å². The number of nitrogens with zero attached hydrogens (tertiary/aromatic N) is 1. The fourth-order valence-electron chi connectivity index (χ4n) is 2.15. The Morgan fingerprint density at radius 3 is 2.71 bits per heavy atom. The first-order chi connectivity index (χ1) is 9.97. The number of aliphatic hydroxyl groups is 1. The van der Waals surface area contributed by atoms with Gasteiger partial charge in [0, 0.05) is 16.5 Å². The van der Waals surface area contributed by atoms with Gasteiger partial charge in [0.2, 0.25) is 0 Å². The molecule has 0 aliphatic rings. The van der Waals surface area contributed by atoms with Crippen LogP contribution in [0.15, 0.2) is 48.0 Å². The molecule has 1 N–H and O–H groups in total. The first-order valence-corrected chi connectivity index (χ1v) is 7.02. The number of hydrogen-bond acceptors (Lipinski definition) is 3. The van der Waals surface area contributed by atoms with Gasteiger partial charge in [-0.15, -0.1) is 11.3 Å². The van der Waals surface area contributed by atoms with E-state index < -0.39 is 12.3 Å². The molecule has 2 heterocycles. The van der Waals surface area contributed by atoms with E-state index in [0.717, 1.165) is 15.6 Å². The molecule has 6 heteroatoms. The van der Waals surface area contributed by atoms with E-state index in [1.165, 1.54) is 29.7 Å². The van der Waals surface area contributed by atoms with E-state index in [0.29, 0.717) is 5.69 Å². The van der Waals surface area contributed by atoms with E-state index in [4.69, 9.17) is 0 Å². The normalized spacial score (nSPS) is 13.5. The molecule has 3 rings (SSSR count). The SMILES string of the molecule is OC(c1ccnc(-c2cccc3ccsc23)c1)C(F)(F)F. The fraction of sp³-hybridized carbons (Fsp3) is 0.133. The molecule has 3 aromatic rings. The lowest BCUT2D eigenvalue weighted by Gasteiger charge is -2.15. The van der Waals surface area contributed by atoms with Crippen molar-refractivity contribution in [3.63, 3.8) is 0 Å². The summed E-state index contributed by atoms with van der Waals surface area (Å²) in [6.07, 6.45) is -5.90. The van der Waals surface area contributed by atoms with Gasteiger partial charge in [-0.05, 0) is 34.5 Å². The van der Waals surface area contributed by atoms with Gasteiger partial charge in [-0.2, -0.15) is 13.2 Å². The van der Waals surface area contributed by atoms with Crippen molar-refractivity contribution in [3.8, 4) is 11.3 Å². The lowest BCUT2D eigenvalue weighted by molar-refractivity contribution is -0.206. The summed E-state index contributed by atoms with van der Waals surface area (Å²) in [4.78, 5) is 4.13. The molecule has 2 aromatic heterocycles. The number of alkyl halides is 3. The molecule has 0 aliphatic heterocycles. The zero-order valence-corrected chi connectivity index (χ0v) is 11.4. The number of fused-ring (bicyclic) bond motifs is 1. The lowest BCUT2D eigenvalue weighted by atomic mass is 10.0. The maximum absolute atomic E-state index is 12.6. The van der Waals surface area contributed by atoms with E-state index in [9.17, 15) is 18.3 Å². The van der Waals surface area contributed by atoms with Crippen molar-refractivity contribution >= 4 is 21.4 Å². The van der Waals surface area contributed by atoms with Gasteiger partial charge in [-0.1, -0.05) is 18.2 Å². The van der Waals surface area contributed by atoms with Crippen molar-refractivity contribution in [2.45, 2.75) is 12.3 Å². The molecular formula is C15H10F3NOS. The Bertz CT molecular complexity index is 782. The summed E-state index contributed by atoms with van der Waals surface area (Å²) in [6, 6.07) is 9.98. The molecule has 1 aromatic carbocycles. The summed E-state index contributed by atoms with van der Waals surface area (Å²) < 4.78 is 38.8. The number of thiophene rings is 1. The lowest BCUT2D eigenvalue weighted by Crippen LogP contribution is -2.20. The highest BCUT2D eigenvalue weighted by atomic mass is 32.1. The molecule has 0 saturated heterocycles. The zero-order chi connectivity index (χ0) is 15.0. The molecular weight excluding hydrogens is 299 g/mol. The van der Waals surface area contributed by atoms with Crippen molar-refractivity contribution < 1.29 is 18.3 Å². The number of rotatable bonds is 2. The minimum Gasteiger partial charge on any atom is -0.379 e. The number of aromatic nitrogens is 1. The van der Waals surface area contributed by atoms with Gasteiger partial charge in [0.05, 0.1) is 5.69 Å². The van der Waals surface area contributed by atoms with E-state index >= 15 is 0 Å². The molecule has 0 aliphatic carbocycles. The minimum atomic E-state index is -4.69. The number of halogens is 3. The van der Waals surface area contributed by atoms with Crippen LogP contribution < -0.4 is 0 Å². The number of benzene rings is 1. The summed E-state index contributed by atoms with van der Waals surface area (Å²) in [5.41, 5.74) is 0.976. The third kappa shape index (κ3) is 2.64. The molecule has 1 atom stereocenters. The van der Waals surface area contributed by atoms with Gasteiger partial charge in [0.25, 0.3) is 0 Å². The molecule has 0 amide bonds. The quantitative estimate of drug-likeness (QED) is 0.753. The van der Waals surface area contributed by atoms with Crippen LogP contribution in [0, 0.1) is 0 Å². The topological polar surface area (TPSA) is 33.1 Å². The molecule has 2 nitrogen and oxygen atoms in total. The Balaban J connectivity index is 2.10. The first-order valence-electron chi connectivity index (χ1n) is 6.14. The summed E-state index contributed by atoms with van der Waals surface area (Å²) in [5.74, 6) is 0. The van der Waals surface area contributed by atoms with Crippen LogP contribution in [-0.4, -0.2) is 16.3 Å². The fourth-order valence-corrected chi connectivity index (χ4v) is 3.07. The van der Waals surface area contributed by atoms with Gasteiger partial charge in [0.15, 0.2) is 6.10 Å². The molecule has 0 bridgehead atoms. The van der Waals surface area contributed by atoms with Crippen LogP contribution in [0.2, 0.25) is 0 Å². The third-order valence-corrected chi connectivity index (χ3v) is 4.13. The maximum atomic E-state index is 12.6. The smallest absolute Gasteiger partial charge is 0.379 e. The number of pyridine rings is 1. The van der Waals surface area contributed by atoms with Crippen LogP contribution in [-0.2, 0) is 0 Å². The average molecular weight is 309 g/mol. The van der Waals surface area contributed by atoms with Gasteiger partial charge >= 0.3 is 6.18 Å². The summed E-state index contributed by atoms with van der Waals surface area (Å²) >= 11 is 1.50. The predicted molar refractivity (Wildman–Crippen MR) is 76.1 cm³/mol.